The smallest absolute Gasteiger partial charge is 0.407 e. The van der Waals surface area contributed by atoms with E-state index in [0.29, 0.717) is 45.8 Å². The quantitative estimate of drug-likeness (QED) is 0.342. The number of nitrogens with one attached hydrogen (secondary N) is 2. The number of carboxylic acid groups (broad SMARTS) is 1. The van der Waals surface area contributed by atoms with E-state index in [9.17, 15) is 19.1 Å². The Balaban J connectivity index is 1.34. The average molecular weight is 533 g/mol. The molecule has 186 valence electrons. The van der Waals surface area contributed by atoms with Gasteiger partial charge in [-0.1, -0.05) is 29.0 Å². The van der Waals surface area contributed by atoms with Crippen LogP contribution < -0.4 is 10.2 Å². The molecule has 2 aliphatic rings. The number of benzene rings is 2. The number of likely N-dealkylation sites (N-methyl/N-ethyl adjacent to an activating group) is 1. The number of carbonyl (C=O) groups is 2. The van der Waals surface area contributed by atoms with Crippen molar-refractivity contribution in [3.8, 4) is 11.1 Å². The minimum absolute atomic E-state index is 0.0750. The lowest BCUT2D eigenvalue weighted by atomic mass is 9.98. The summed E-state index contributed by atoms with van der Waals surface area (Å²) in [4.78, 5) is 30.6. The summed E-state index contributed by atoms with van der Waals surface area (Å²) in [5.74, 6) is -1.62. The van der Waals surface area contributed by atoms with Gasteiger partial charge in [-0.2, -0.15) is 5.10 Å². The first-order valence-electron chi connectivity index (χ1n) is 11.1. The minimum atomic E-state index is -1.09. The molecule has 1 aliphatic heterocycles. The Labute approximate surface area is 211 Å². The van der Waals surface area contributed by atoms with E-state index in [1.807, 2.05) is 6.07 Å². The highest BCUT2D eigenvalue weighted by Crippen LogP contribution is 2.45. The van der Waals surface area contributed by atoms with Crippen LogP contribution in [0.3, 0.4) is 0 Å². The third-order valence-corrected chi connectivity index (χ3v) is 8.04. The van der Waals surface area contributed by atoms with Crippen LogP contribution in [0.15, 0.2) is 24.4 Å². The summed E-state index contributed by atoms with van der Waals surface area (Å²) < 4.78 is 29.6. The number of aromatic amines is 1. The molecule has 2 amide bonds. The number of aromatic nitrogens is 3. The number of fused-ring (bicyclic) bond motifs is 2. The first-order chi connectivity index (χ1) is 17.2. The summed E-state index contributed by atoms with van der Waals surface area (Å²) >= 11 is 7.81. The van der Waals surface area contributed by atoms with Crippen molar-refractivity contribution in [3.05, 3.63) is 35.2 Å². The van der Waals surface area contributed by atoms with Crippen molar-refractivity contribution in [1.29, 1.82) is 0 Å². The molecule has 1 aliphatic carbocycles. The van der Waals surface area contributed by atoms with Gasteiger partial charge in [0.1, 0.15) is 11.9 Å². The molecule has 9 nitrogen and oxygen atoms in total. The molecule has 3 N–H and O–H groups in total. The van der Waals surface area contributed by atoms with Gasteiger partial charge in [0.05, 0.1) is 38.9 Å². The van der Waals surface area contributed by atoms with Crippen LogP contribution in [0, 0.1) is 11.7 Å². The number of anilines is 2. The Morgan fingerprint density at radius 2 is 2.11 bits per heavy atom. The van der Waals surface area contributed by atoms with Crippen LogP contribution in [0.4, 0.5) is 24.4 Å². The fraction of sp³-hybridized carbons (Fsp3) is 0.304. The summed E-state index contributed by atoms with van der Waals surface area (Å²) in [6.07, 6.45) is -0.328. The van der Waals surface area contributed by atoms with Crippen LogP contribution in [0.25, 0.3) is 32.2 Å². The van der Waals surface area contributed by atoms with Gasteiger partial charge in [0.15, 0.2) is 10.9 Å². The van der Waals surface area contributed by atoms with Crippen molar-refractivity contribution >= 4 is 66.9 Å². The van der Waals surface area contributed by atoms with Gasteiger partial charge in [-0.15, -0.1) is 0 Å². The summed E-state index contributed by atoms with van der Waals surface area (Å²) in [5, 5.41) is 19.7. The Morgan fingerprint density at radius 3 is 2.81 bits per heavy atom. The summed E-state index contributed by atoms with van der Waals surface area (Å²) in [6.45, 7) is 0.656. The van der Waals surface area contributed by atoms with Gasteiger partial charge in [-0.05, 0) is 24.1 Å². The molecule has 0 spiro atoms. The van der Waals surface area contributed by atoms with Crippen molar-refractivity contribution in [2.24, 2.45) is 5.92 Å². The SMILES string of the molecule is CN(C(=O)O)C1CN(c2c(F)c(Cl)c(-c3ccc4nc(NC(=O)[C@@H]5C[C@@H]5F)sc4c3)c3cn[nH]c23)C1. The van der Waals surface area contributed by atoms with Crippen LogP contribution in [-0.2, 0) is 4.79 Å². The van der Waals surface area contributed by atoms with E-state index in [2.05, 4.69) is 20.5 Å². The summed E-state index contributed by atoms with van der Waals surface area (Å²) in [6, 6.07) is 5.08. The lowest BCUT2D eigenvalue weighted by Gasteiger charge is -2.44. The molecule has 4 aromatic rings. The molecule has 2 aromatic carbocycles. The molecule has 0 radical (unpaired) electrons. The Kier molecular flexibility index (Phi) is 5.27. The van der Waals surface area contributed by atoms with E-state index in [0.717, 1.165) is 4.70 Å². The number of hydrogen-bond donors (Lipinski definition) is 3. The van der Waals surface area contributed by atoms with Gasteiger partial charge < -0.3 is 20.2 Å². The number of rotatable bonds is 5. The molecule has 0 unspecified atom stereocenters. The number of halogens is 3. The normalized spacial score (nSPS) is 19.5. The fourth-order valence-electron chi connectivity index (χ4n) is 4.48. The highest BCUT2D eigenvalue weighted by atomic mass is 35.5. The second-order valence-electron chi connectivity index (χ2n) is 9.01. The van der Waals surface area contributed by atoms with Crippen molar-refractivity contribution < 1.29 is 23.5 Å². The van der Waals surface area contributed by atoms with E-state index in [-0.39, 0.29) is 29.1 Å². The number of nitrogens with zero attached hydrogens (tertiary/aromatic N) is 4. The molecule has 1 saturated heterocycles. The Hall–Kier alpha value is -3.51. The number of alkyl halides is 1. The predicted octanol–water partition coefficient (Wildman–Crippen LogP) is 4.73. The maximum Gasteiger partial charge on any atom is 0.407 e. The standard InChI is InChI=1S/C23H19ClF2N6O3S/c1-31(23(34)35)10-7-32(8-10)20-18(26)17(24)16(12-6-27-30-19(12)20)9-2-3-14-15(4-9)36-22(28-14)29-21(33)11-5-13(11)25/h2-4,6,10-11,13H,5,7-8H2,1H3,(H,27,30)(H,34,35)(H,28,29,33)/t11-,13+/m1/s1. The van der Waals surface area contributed by atoms with Gasteiger partial charge in [0.2, 0.25) is 5.91 Å². The molecule has 1 saturated carbocycles. The molecule has 2 atom stereocenters. The summed E-state index contributed by atoms with van der Waals surface area (Å²) in [7, 11) is 1.48. The Bertz CT molecular complexity index is 1550. The molecule has 3 heterocycles. The zero-order valence-electron chi connectivity index (χ0n) is 18.8. The topological polar surface area (TPSA) is 114 Å². The van der Waals surface area contributed by atoms with E-state index < -0.39 is 24.0 Å². The predicted molar refractivity (Wildman–Crippen MR) is 133 cm³/mol. The van der Waals surface area contributed by atoms with E-state index >= 15 is 4.39 Å². The summed E-state index contributed by atoms with van der Waals surface area (Å²) in [5.41, 5.74) is 2.45. The van der Waals surface area contributed by atoms with Gasteiger partial charge >= 0.3 is 6.09 Å². The van der Waals surface area contributed by atoms with Crippen molar-refractivity contribution in [1.82, 2.24) is 20.1 Å². The molecule has 2 aromatic heterocycles. The van der Waals surface area contributed by atoms with Crippen molar-refractivity contribution in [2.45, 2.75) is 18.6 Å². The largest absolute Gasteiger partial charge is 0.465 e. The van der Waals surface area contributed by atoms with E-state index in [1.165, 1.54) is 23.3 Å². The zero-order valence-corrected chi connectivity index (χ0v) is 20.3. The highest BCUT2D eigenvalue weighted by molar-refractivity contribution is 7.22. The van der Waals surface area contributed by atoms with Crippen LogP contribution in [0.5, 0.6) is 0 Å². The number of hydrogen-bond acceptors (Lipinski definition) is 6. The second kappa shape index (κ2) is 8.27. The molecular formula is C23H19ClF2N6O3S. The van der Waals surface area contributed by atoms with Gasteiger partial charge in [-0.3, -0.25) is 9.89 Å². The van der Waals surface area contributed by atoms with Crippen LogP contribution in [-0.4, -0.2) is 69.5 Å². The molecule has 36 heavy (non-hydrogen) atoms. The van der Waals surface area contributed by atoms with Crippen LogP contribution in [0.2, 0.25) is 5.02 Å². The maximum atomic E-state index is 15.6. The third kappa shape index (κ3) is 3.63. The number of carbonyl (C=O) groups excluding carboxylic acids is 1. The minimum Gasteiger partial charge on any atom is -0.465 e. The highest BCUT2D eigenvalue weighted by Gasteiger charge is 2.44. The maximum absolute atomic E-state index is 15.6. The molecule has 13 heteroatoms. The van der Waals surface area contributed by atoms with Gasteiger partial charge in [0.25, 0.3) is 0 Å². The number of H-pyrrole nitrogens is 1. The number of thiazole rings is 1. The first kappa shape index (κ1) is 22.9. The zero-order chi connectivity index (χ0) is 25.3. The molecule has 0 bridgehead atoms. The lowest BCUT2D eigenvalue weighted by Crippen LogP contribution is -2.60. The first-order valence-corrected chi connectivity index (χ1v) is 12.3. The molecule has 6 rings (SSSR count). The average Bonchev–Trinajstić information content (AvgIpc) is 3.17. The van der Waals surface area contributed by atoms with E-state index in [4.69, 9.17) is 11.6 Å². The van der Waals surface area contributed by atoms with Crippen molar-refractivity contribution in [2.75, 3.05) is 30.4 Å². The van der Waals surface area contributed by atoms with Crippen molar-refractivity contribution in [3.63, 3.8) is 0 Å². The molecule has 2 fully saturated rings. The second-order valence-corrected chi connectivity index (χ2v) is 10.4. The Morgan fingerprint density at radius 1 is 1.36 bits per heavy atom. The van der Waals surface area contributed by atoms with Crippen LogP contribution >= 0.6 is 22.9 Å². The fourth-order valence-corrected chi connectivity index (χ4v) is 5.69. The van der Waals surface area contributed by atoms with E-state index in [1.54, 1.807) is 23.2 Å². The van der Waals surface area contributed by atoms with Gasteiger partial charge in [0, 0.05) is 31.1 Å². The lowest BCUT2D eigenvalue weighted by molar-refractivity contribution is -0.117. The van der Waals surface area contributed by atoms with Crippen LogP contribution in [0.1, 0.15) is 6.42 Å². The monoisotopic (exact) mass is 532 g/mol. The molecular weight excluding hydrogens is 514 g/mol. The number of amides is 2. The third-order valence-electron chi connectivity index (χ3n) is 6.75. The van der Waals surface area contributed by atoms with Gasteiger partial charge in [-0.25, -0.2) is 18.6 Å².